The Bertz CT molecular complexity index is 594. The van der Waals surface area contributed by atoms with Crippen molar-refractivity contribution in [2.45, 2.75) is 45.7 Å². The molecule has 4 nitrogen and oxygen atoms in total. The van der Waals surface area contributed by atoms with Crippen LogP contribution in [0, 0.1) is 5.92 Å². The Balaban J connectivity index is 1.91. The summed E-state index contributed by atoms with van der Waals surface area (Å²) in [7, 11) is 0. The Morgan fingerprint density at radius 1 is 1.25 bits per heavy atom. The van der Waals surface area contributed by atoms with Gasteiger partial charge in [0.05, 0.1) is 12.6 Å². The fourth-order valence-electron chi connectivity index (χ4n) is 3.28. The van der Waals surface area contributed by atoms with Crippen molar-refractivity contribution in [1.82, 2.24) is 4.90 Å². The number of ketones is 1. The first-order valence-corrected chi connectivity index (χ1v) is 8.63. The van der Waals surface area contributed by atoms with Crippen LogP contribution < -0.4 is 0 Å². The lowest BCUT2D eigenvalue weighted by molar-refractivity contribution is -0.145. The summed E-state index contributed by atoms with van der Waals surface area (Å²) in [4.78, 5) is 25.6. The van der Waals surface area contributed by atoms with Crippen LogP contribution in [0.15, 0.2) is 36.9 Å². The fraction of sp³-hybridized carbons (Fsp3) is 0.500. The van der Waals surface area contributed by atoms with Crippen molar-refractivity contribution in [3.8, 4) is 0 Å². The molecule has 1 aromatic carbocycles. The number of benzene rings is 1. The minimum atomic E-state index is -0.432. The van der Waals surface area contributed by atoms with Crippen LogP contribution in [0.3, 0.4) is 0 Å². The summed E-state index contributed by atoms with van der Waals surface area (Å²) < 4.78 is 4.82. The Kier molecular flexibility index (Phi) is 6.32. The number of ether oxygens (including phenoxy) is 1. The van der Waals surface area contributed by atoms with Gasteiger partial charge in [-0.3, -0.25) is 14.5 Å². The molecule has 130 valence electrons. The summed E-state index contributed by atoms with van der Waals surface area (Å²) in [5.41, 5.74) is 2.25. The Hall–Kier alpha value is -1.94. The molecule has 1 unspecified atom stereocenters. The lowest BCUT2D eigenvalue weighted by Gasteiger charge is -2.07. The second kappa shape index (κ2) is 8.25. The van der Waals surface area contributed by atoms with E-state index in [1.165, 1.54) is 0 Å². The molecule has 0 saturated carbocycles. The molecule has 1 aliphatic heterocycles. The maximum absolute atomic E-state index is 11.9. The first-order valence-electron chi connectivity index (χ1n) is 8.63. The van der Waals surface area contributed by atoms with Gasteiger partial charge in [-0.25, -0.2) is 0 Å². The molecule has 4 heteroatoms. The molecular formula is C20H27NO3. The van der Waals surface area contributed by atoms with Crippen molar-refractivity contribution < 1.29 is 14.3 Å². The zero-order valence-electron chi connectivity index (χ0n) is 14.8. The van der Waals surface area contributed by atoms with E-state index in [1.807, 2.05) is 18.2 Å². The quantitative estimate of drug-likeness (QED) is 0.396. The molecule has 0 bridgehead atoms. The number of Topliss-reactive ketones (excluding diaryl/α,β-unsaturated/α-hetero) is 1. The third kappa shape index (κ3) is 4.54. The maximum Gasteiger partial charge on any atom is 0.313 e. The third-order valence-electron chi connectivity index (χ3n) is 4.45. The van der Waals surface area contributed by atoms with Crippen molar-refractivity contribution >= 4 is 17.3 Å². The van der Waals surface area contributed by atoms with E-state index in [4.69, 9.17) is 4.74 Å². The summed E-state index contributed by atoms with van der Waals surface area (Å²) in [5, 5.41) is 0. The van der Waals surface area contributed by atoms with Crippen LogP contribution in [-0.4, -0.2) is 41.9 Å². The Morgan fingerprint density at radius 3 is 2.50 bits per heavy atom. The standard InChI is InChI=1S/C20H27NO3/c1-5-24-18(23)13-17(22)11-12-21-19(14(2)3)20(21)15(4)16-9-7-6-8-10-16/h6-10,14,19-20H,4-5,11-13H2,1-3H3/t19-,20-,21?/m1/s1. The Labute approximate surface area is 144 Å². The highest BCUT2D eigenvalue weighted by molar-refractivity contribution is 5.95. The van der Waals surface area contributed by atoms with Gasteiger partial charge in [0.1, 0.15) is 12.2 Å². The SMILES string of the molecule is C=C(c1ccccc1)[C@@H]1[C@@H](C(C)C)N1CCC(=O)CC(=O)OCC. The number of carbonyl (C=O) groups excluding carboxylic acids is 2. The molecule has 1 aliphatic rings. The zero-order valence-corrected chi connectivity index (χ0v) is 14.8. The van der Waals surface area contributed by atoms with E-state index in [9.17, 15) is 9.59 Å². The normalized spacial score (nSPS) is 22.2. The number of esters is 1. The number of rotatable bonds is 9. The van der Waals surface area contributed by atoms with E-state index in [2.05, 4.69) is 37.5 Å². The first kappa shape index (κ1) is 18.4. The van der Waals surface area contributed by atoms with Crippen LogP contribution >= 0.6 is 0 Å². The lowest BCUT2D eigenvalue weighted by atomic mass is 9.99. The smallest absolute Gasteiger partial charge is 0.313 e. The van der Waals surface area contributed by atoms with Crippen LogP contribution in [-0.2, 0) is 14.3 Å². The van der Waals surface area contributed by atoms with Crippen molar-refractivity contribution in [3.05, 3.63) is 42.5 Å². The van der Waals surface area contributed by atoms with Crippen LogP contribution in [0.4, 0.5) is 0 Å². The minimum absolute atomic E-state index is 0.0630. The van der Waals surface area contributed by atoms with E-state index >= 15 is 0 Å². The summed E-state index contributed by atoms with van der Waals surface area (Å²) in [6.45, 7) is 11.4. The molecule has 24 heavy (non-hydrogen) atoms. The van der Waals surface area contributed by atoms with Gasteiger partial charge < -0.3 is 4.74 Å². The first-order chi connectivity index (χ1) is 11.5. The van der Waals surface area contributed by atoms with Crippen LogP contribution in [0.1, 0.15) is 39.2 Å². The van der Waals surface area contributed by atoms with E-state index in [-0.39, 0.29) is 18.2 Å². The van der Waals surface area contributed by atoms with Gasteiger partial charge in [0.2, 0.25) is 0 Å². The molecule has 1 fully saturated rings. The molecule has 0 aromatic heterocycles. The second-order valence-electron chi connectivity index (χ2n) is 6.58. The molecule has 2 rings (SSSR count). The van der Waals surface area contributed by atoms with Gasteiger partial charge in [-0.05, 0) is 24.0 Å². The molecule has 3 atom stereocenters. The monoisotopic (exact) mass is 329 g/mol. The van der Waals surface area contributed by atoms with Gasteiger partial charge in [0.15, 0.2) is 0 Å². The summed E-state index contributed by atoms with van der Waals surface area (Å²) in [6, 6.07) is 10.9. The molecule has 0 radical (unpaired) electrons. The lowest BCUT2D eigenvalue weighted by Crippen LogP contribution is -2.16. The summed E-state index contributed by atoms with van der Waals surface area (Å²) in [6.07, 6.45) is 0.249. The average molecular weight is 329 g/mol. The van der Waals surface area contributed by atoms with Gasteiger partial charge in [-0.15, -0.1) is 0 Å². The number of hydrogen-bond donors (Lipinski definition) is 0. The molecule has 0 spiro atoms. The molecule has 0 aliphatic carbocycles. The predicted octanol–water partition coefficient (Wildman–Crippen LogP) is 3.32. The molecular weight excluding hydrogens is 302 g/mol. The van der Waals surface area contributed by atoms with Crippen molar-refractivity contribution in [2.24, 2.45) is 5.92 Å². The van der Waals surface area contributed by atoms with E-state index < -0.39 is 5.97 Å². The molecule has 1 saturated heterocycles. The number of hydrogen-bond acceptors (Lipinski definition) is 4. The maximum atomic E-state index is 11.9. The van der Waals surface area contributed by atoms with Crippen LogP contribution in [0.5, 0.6) is 0 Å². The third-order valence-corrected chi connectivity index (χ3v) is 4.45. The highest BCUT2D eigenvalue weighted by Crippen LogP contribution is 2.42. The van der Waals surface area contributed by atoms with Gasteiger partial charge in [-0.2, -0.15) is 0 Å². The fourth-order valence-corrected chi connectivity index (χ4v) is 3.28. The van der Waals surface area contributed by atoms with Crippen LogP contribution in [0.25, 0.3) is 5.57 Å². The average Bonchev–Trinajstić information content (AvgIpc) is 3.28. The van der Waals surface area contributed by atoms with Crippen LogP contribution in [0.2, 0.25) is 0 Å². The topological polar surface area (TPSA) is 46.4 Å². The molecule has 1 heterocycles. The van der Waals surface area contributed by atoms with Crippen molar-refractivity contribution in [2.75, 3.05) is 13.2 Å². The largest absolute Gasteiger partial charge is 0.466 e. The highest BCUT2D eigenvalue weighted by Gasteiger charge is 2.50. The number of nitrogens with zero attached hydrogens (tertiary/aromatic N) is 1. The zero-order chi connectivity index (χ0) is 17.7. The van der Waals surface area contributed by atoms with Gasteiger partial charge in [0, 0.05) is 19.0 Å². The van der Waals surface area contributed by atoms with Gasteiger partial charge in [-0.1, -0.05) is 50.8 Å². The van der Waals surface area contributed by atoms with Crippen molar-refractivity contribution in [1.29, 1.82) is 0 Å². The highest BCUT2D eigenvalue weighted by atomic mass is 16.5. The van der Waals surface area contributed by atoms with E-state index in [0.717, 1.165) is 11.1 Å². The second-order valence-corrected chi connectivity index (χ2v) is 6.58. The van der Waals surface area contributed by atoms with E-state index in [1.54, 1.807) is 6.92 Å². The molecule has 0 N–H and O–H groups in total. The van der Waals surface area contributed by atoms with Gasteiger partial charge >= 0.3 is 5.97 Å². The van der Waals surface area contributed by atoms with Crippen molar-refractivity contribution in [3.63, 3.8) is 0 Å². The predicted molar refractivity (Wildman–Crippen MR) is 95.5 cm³/mol. The summed E-state index contributed by atoms with van der Waals surface area (Å²) in [5.74, 6) is 0.00139. The summed E-state index contributed by atoms with van der Waals surface area (Å²) >= 11 is 0. The molecule has 0 amide bonds. The minimum Gasteiger partial charge on any atom is -0.466 e. The van der Waals surface area contributed by atoms with Gasteiger partial charge in [0.25, 0.3) is 0 Å². The van der Waals surface area contributed by atoms with E-state index in [0.29, 0.717) is 31.5 Å². The molecule has 1 aromatic rings. The number of carbonyl (C=O) groups is 2. The Morgan fingerprint density at radius 2 is 1.92 bits per heavy atom.